The van der Waals surface area contributed by atoms with E-state index in [1.54, 1.807) is 24.3 Å². The van der Waals surface area contributed by atoms with Crippen molar-refractivity contribution < 1.29 is 37.0 Å². The minimum atomic E-state index is -4.76. The maximum atomic E-state index is 12.2. The highest BCUT2D eigenvalue weighted by molar-refractivity contribution is 5.89. The molecule has 2 aromatic carbocycles. The molecule has 3 rings (SSSR count). The van der Waals surface area contributed by atoms with Gasteiger partial charge in [-0.2, -0.15) is 0 Å². The highest BCUT2D eigenvalue weighted by Crippen LogP contribution is 2.26. The third kappa shape index (κ3) is 7.68. The van der Waals surface area contributed by atoms with E-state index >= 15 is 0 Å². The highest BCUT2D eigenvalue weighted by Gasteiger charge is 2.31. The standard InChI is InChI=1S/C22H23F3N2O5/c1-14(28)30-17-10-12-19(13-11-17)31-18-6-2-15(3-7-18)26-21(29)27-16-4-8-20(9-5-16)32-22(23,24)25/h4-5,8-13,15,18H,2-3,6-7H2,1H3,(H2,26,27,29). The molecular formula is C22H23F3N2O5. The summed E-state index contributed by atoms with van der Waals surface area (Å²) < 4.78 is 51.3. The zero-order valence-corrected chi connectivity index (χ0v) is 17.3. The van der Waals surface area contributed by atoms with Crippen molar-refractivity contribution in [3.05, 3.63) is 48.5 Å². The Morgan fingerprint density at radius 3 is 2.00 bits per heavy atom. The molecule has 32 heavy (non-hydrogen) atoms. The van der Waals surface area contributed by atoms with Crippen molar-refractivity contribution in [2.45, 2.75) is 51.1 Å². The largest absolute Gasteiger partial charge is 0.573 e. The fraction of sp³-hybridized carbons (Fsp3) is 0.364. The van der Waals surface area contributed by atoms with Gasteiger partial charge in [0.05, 0.1) is 6.10 Å². The predicted molar refractivity (Wildman–Crippen MR) is 110 cm³/mol. The number of hydrogen-bond donors (Lipinski definition) is 2. The number of amides is 2. The Bertz CT molecular complexity index is 909. The molecule has 0 unspecified atom stereocenters. The van der Waals surface area contributed by atoms with Gasteiger partial charge < -0.3 is 24.8 Å². The molecule has 0 aliphatic heterocycles. The van der Waals surface area contributed by atoms with Crippen molar-refractivity contribution in [2.24, 2.45) is 0 Å². The minimum absolute atomic E-state index is 0.0110. The fourth-order valence-corrected chi connectivity index (χ4v) is 3.36. The van der Waals surface area contributed by atoms with E-state index in [0.717, 1.165) is 37.8 Å². The van der Waals surface area contributed by atoms with Crippen LogP contribution < -0.4 is 24.8 Å². The van der Waals surface area contributed by atoms with Crippen molar-refractivity contribution in [2.75, 3.05) is 5.32 Å². The first-order chi connectivity index (χ1) is 15.2. The minimum Gasteiger partial charge on any atom is -0.490 e. The molecule has 1 aliphatic carbocycles. The maximum absolute atomic E-state index is 12.2. The van der Waals surface area contributed by atoms with E-state index in [9.17, 15) is 22.8 Å². The number of carbonyl (C=O) groups excluding carboxylic acids is 2. The van der Waals surface area contributed by atoms with Crippen LogP contribution in [-0.2, 0) is 4.79 Å². The number of benzene rings is 2. The topological polar surface area (TPSA) is 85.9 Å². The van der Waals surface area contributed by atoms with E-state index in [4.69, 9.17) is 9.47 Å². The molecule has 0 radical (unpaired) electrons. The number of hydrogen-bond acceptors (Lipinski definition) is 5. The number of esters is 1. The van der Waals surface area contributed by atoms with Gasteiger partial charge in [-0.1, -0.05) is 0 Å². The monoisotopic (exact) mass is 452 g/mol. The first-order valence-electron chi connectivity index (χ1n) is 10.0. The van der Waals surface area contributed by atoms with Gasteiger partial charge in [0.2, 0.25) is 0 Å². The molecule has 0 aromatic heterocycles. The summed E-state index contributed by atoms with van der Waals surface area (Å²) in [6, 6.07) is 11.3. The molecule has 0 heterocycles. The van der Waals surface area contributed by atoms with Gasteiger partial charge in [-0.05, 0) is 74.2 Å². The summed E-state index contributed by atoms with van der Waals surface area (Å²) >= 11 is 0. The Hall–Kier alpha value is -3.43. The van der Waals surface area contributed by atoms with Gasteiger partial charge in [0.15, 0.2) is 0 Å². The summed E-state index contributed by atoms with van der Waals surface area (Å²) in [6.07, 6.45) is -1.80. The molecule has 1 saturated carbocycles. The smallest absolute Gasteiger partial charge is 0.490 e. The van der Waals surface area contributed by atoms with Crippen LogP contribution in [-0.4, -0.2) is 30.5 Å². The SMILES string of the molecule is CC(=O)Oc1ccc(OC2CCC(NC(=O)Nc3ccc(OC(F)(F)F)cc3)CC2)cc1. The third-order valence-electron chi connectivity index (χ3n) is 4.74. The number of halogens is 3. The average molecular weight is 452 g/mol. The first-order valence-corrected chi connectivity index (χ1v) is 10.0. The molecule has 0 spiro atoms. The van der Waals surface area contributed by atoms with Crippen molar-refractivity contribution in [1.29, 1.82) is 0 Å². The lowest BCUT2D eigenvalue weighted by Gasteiger charge is -2.29. The molecule has 2 amide bonds. The number of ether oxygens (including phenoxy) is 3. The van der Waals surface area contributed by atoms with Crippen LogP contribution in [0.15, 0.2) is 48.5 Å². The Labute approximate surface area is 182 Å². The van der Waals surface area contributed by atoms with Gasteiger partial charge in [0.1, 0.15) is 17.2 Å². The summed E-state index contributed by atoms with van der Waals surface area (Å²) in [5.74, 6) is 0.378. The van der Waals surface area contributed by atoms with Gasteiger partial charge in [0.25, 0.3) is 0 Å². The highest BCUT2D eigenvalue weighted by atomic mass is 19.4. The van der Waals surface area contributed by atoms with Gasteiger partial charge >= 0.3 is 18.4 Å². The van der Waals surface area contributed by atoms with Crippen molar-refractivity contribution in [3.8, 4) is 17.2 Å². The second-order valence-corrected chi connectivity index (χ2v) is 7.33. The van der Waals surface area contributed by atoms with Crippen LogP contribution in [0.2, 0.25) is 0 Å². The zero-order valence-electron chi connectivity index (χ0n) is 17.3. The molecule has 0 saturated heterocycles. The molecule has 1 aliphatic rings. The second kappa shape index (κ2) is 10.3. The number of nitrogens with one attached hydrogen (secondary N) is 2. The third-order valence-corrected chi connectivity index (χ3v) is 4.74. The maximum Gasteiger partial charge on any atom is 0.573 e. The molecule has 2 aromatic rings. The average Bonchev–Trinajstić information content (AvgIpc) is 2.71. The molecule has 10 heteroatoms. The van der Waals surface area contributed by atoms with Gasteiger partial charge in [-0.3, -0.25) is 4.79 Å². The summed E-state index contributed by atoms with van der Waals surface area (Å²) in [6.45, 7) is 1.33. The van der Waals surface area contributed by atoms with E-state index < -0.39 is 12.4 Å². The number of anilines is 1. The van der Waals surface area contributed by atoms with E-state index in [0.29, 0.717) is 17.2 Å². The van der Waals surface area contributed by atoms with E-state index in [-0.39, 0.29) is 23.9 Å². The lowest BCUT2D eigenvalue weighted by molar-refractivity contribution is -0.274. The molecule has 2 N–H and O–H groups in total. The lowest BCUT2D eigenvalue weighted by Crippen LogP contribution is -2.41. The van der Waals surface area contributed by atoms with E-state index in [1.165, 1.54) is 19.1 Å². The predicted octanol–water partition coefficient (Wildman–Crippen LogP) is 5.02. The van der Waals surface area contributed by atoms with Crippen LogP contribution in [0.4, 0.5) is 23.7 Å². The van der Waals surface area contributed by atoms with Gasteiger partial charge in [-0.25, -0.2) is 4.79 Å². The molecular weight excluding hydrogens is 429 g/mol. The lowest BCUT2D eigenvalue weighted by atomic mass is 9.93. The van der Waals surface area contributed by atoms with Crippen LogP contribution in [0.1, 0.15) is 32.6 Å². The summed E-state index contributed by atoms with van der Waals surface area (Å²) in [4.78, 5) is 23.1. The Balaban J connectivity index is 1.39. The Morgan fingerprint density at radius 1 is 0.875 bits per heavy atom. The molecule has 172 valence electrons. The second-order valence-electron chi connectivity index (χ2n) is 7.33. The van der Waals surface area contributed by atoms with Crippen LogP contribution >= 0.6 is 0 Å². The van der Waals surface area contributed by atoms with E-state index in [1.807, 2.05) is 0 Å². The molecule has 0 bridgehead atoms. The normalized spacial score (nSPS) is 18.4. The quantitative estimate of drug-likeness (QED) is 0.475. The van der Waals surface area contributed by atoms with Gasteiger partial charge in [-0.15, -0.1) is 13.2 Å². The summed E-state index contributed by atoms with van der Waals surface area (Å²) in [7, 11) is 0. The number of alkyl halides is 3. The molecule has 1 fully saturated rings. The van der Waals surface area contributed by atoms with E-state index in [2.05, 4.69) is 15.4 Å². The van der Waals surface area contributed by atoms with Crippen molar-refractivity contribution >= 4 is 17.7 Å². The van der Waals surface area contributed by atoms with Crippen LogP contribution in [0, 0.1) is 0 Å². The zero-order chi connectivity index (χ0) is 23.1. The Kier molecular flexibility index (Phi) is 7.45. The summed E-state index contributed by atoms with van der Waals surface area (Å²) in [5.41, 5.74) is 0.353. The van der Waals surface area contributed by atoms with Crippen LogP contribution in [0.3, 0.4) is 0 Å². The van der Waals surface area contributed by atoms with Gasteiger partial charge in [0, 0.05) is 18.7 Å². The summed E-state index contributed by atoms with van der Waals surface area (Å²) in [5, 5.41) is 5.46. The van der Waals surface area contributed by atoms with Crippen LogP contribution in [0.25, 0.3) is 0 Å². The first kappa shape index (κ1) is 23.2. The number of carbonyl (C=O) groups is 2. The molecule has 0 atom stereocenters. The fourth-order valence-electron chi connectivity index (χ4n) is 3.36. The molecule has 7 nitrogen and oxygen atoms in total. The number of rotatable bonds is 6. The Morgan fingerprint density at radius 2 is 1.44 bits per heavy atom. The van der Waals surface area contributed by atoms with Crippen LogP contribution in [0.5, 0.6) is 17.2 Å². The van der Waals surface area contributed by atoms with Crippen molar-refractivity contribution in [3.63, 3.8) is 0 Å². The van der Waals surface area contributed by atoms with Crippen molar-refractivity contribution in [1.82, 2.24) is 5.32 Å². The number of urea groups is 1.